The third kappa shape index (κ3) is 3.18. The Bertz CT molecular complexity index is 154. The molecule has 0 amide bonds. The van der Waals surface area contributed by atoms with E-state index in [0.717, 1.165) is 17.6 Å². The van der Waals surface area contributed by atoms with Gasteiger partial charge >= 0.3 is 0 Å². The van der Waals surface area contributed by atoms with Crippen molar-refractivity contribution in [2.75, 3.05) is 19.3 Å². The van der Waals surface area contributed by atoms with Crippen molar-refractivity contribution >= 4 is 27.7 Å². The average Bonchev–Trinajstić information content (AvgIpc) is 2.69. The first kappa shape index (κ1) is 9.62. The molecule has 0 radical (unpaired) electrons. The fourth-order valence-electron chi connectivity index (χ4n) is 1.02. The van der Waals surface area contributed by atoms with Crippen molar-refractivity contribution in [2.45, 2.75) is 17.6 Å². The van der Waals surface area contributed by atoms with E-state index in [4.69, 9.17) is 0 Å². The zero-order chi connectivity index (χ0) is 8.32. The molecule has 1 nitrogen and oxygen atoms in total. The van der Waals surface area contributed by atoms with Gasteiger partial charge in [-0.3, -0.25) is 0 Å². The molecule has 0 saturated heterocycles. The molecule has 0 atom stereocenters. The Morgan fingerprint density at radius 2 is 2.36 bits per heavy atom. The smallest absolute Gasteiger partial charge is 0.0282 e. The third-order valence-corrected chi connectivity index (χ3v) is 3.70. The van der Waals surface area contributed by atoms with E-state index in [1.807, 2.05) is 11.8 Å². The van der Waals surface area contributed by atoms with Crippen molar-refractivity contribution in [1.29, 1.82) is 0 Å². The zero-order valence-corrected chi connectivity index (χ0v) is 9.22. The van der Waals surface area contributed by atoms with Gasteiger partial charge in [-0.25, -0.2) is 0 Å². The van der Waals surface area contributed by atoms with Crippen LogP contribution in [0.2, 0.25) is 0 Å². The van der Waals surface area contributed by atoms with E-state index in [0.29, 0.717) is 4.75 Å². The van der Waals surface area contributed by atoms with Gasteiger partial charge in [0.05, 0.1) is 0 Å². The Balaban J connectivity index is 2.07. The lowest BCUT2D eigenvalue weighted by molar-refractivity contribution is 0.711. The molecule has 1 fully saturated rings. The van der Waals surface area contributed by atoms with Gasteiger partial charge in [-0.1, -0.05) is 22.5 Å². The van der Waals surface area contributed by atoms with Gasteiger partial charge in [0.25, 0.3) is 0 Å². The molecule has 1 saturated carbocycles. The molecule has 11 heavy (non-hydrogen) atoms. The topological polar surface area (TPSA) is 12.0 Å². The number of nitrogens with one attached hydrogen (secondary N) is 1. The molecular weight excluding hydrogens is 222 g/mol. The van der Waals surface area contributed by atoms with Gasteiger partial charge in [0.15, 0.2) is 0 Å². The van der Waals surface area contributed by atoms with E-state index in [2.05, 4.69) is 34.1 Å². The predicted molar refractivity (Wildman–Crippen MR) is 56.4 cm³/mol. The largest absolute Gasteiger partial charge is 0.311 e. The Labute approximate surface area is 81.1 Å². The van der Waals surface area contributed by atoms with Crippen LogP contribution in [0.5, 0.6) is 0 Å². The van der Waals surface area contributed by atoms with Crippen LogP contribution < -0.4 is 5.32 Å². The van der Waals surface area contributed by atoms with Gasteiger partial charge in [0.2, 0.25) is 0 Å². The molecule has 1 N–H and O–H groups in total. The summed E-state index contributed by atoms with van der Waals surface area (Å²) in [5.41, 5.74) is 0. The minimum Gasteiger partial charge on any atom is -0.311 e. The highest BCUT2D eigenvalue weighted by Crippen LogP contribution is 2.46. The first-order valence-electron chi connectivity index (χ1n) is 3.78. The van der Waals surface area contributed by atoms with Crippen molar-refractivity contribution < 1.29 is 0 Å². The molecule has 0 bridgehead atoms. The molecule has 0 aromatic heterocycles. The monoisotopic (exact) mass is 235 g/mol. The summed E-state index contributed by atoms with van der Waals surface area (Å²) in [6.45, 7) is 5.78. The summed E-state index contributed by atoms with van der Waals surface area (Å²) >= 11 is 5.30. The molecule has 0 heterocycles. The van der Waals surface area contributed by atoms with Crippen molar-refractivity contribution in [3.63, 3.8) is 0 Å². The number of thioether (sulfide) groups is 1. The minimum absolute atomic E-state index is 0.572. The van der Waals surface area contributed by atoms with E-state index in [1.54, 1.807) is 0 Å². The summed E-state index contributed by atoms with van der Waals surface area (Å²) < 4.78 is 1.61. The summed E-state index contributed by atoms with van der Waals surface area (Å²) in [7, 11) is 0. The molecule has 1 aliphatic rings. The maximum absolute atomic E-state index is 3.77. The van der Waals surface area contributed by atoms with Gasteiger partial charge in [0, 0.05) is 22.3 Å². The summed E-state index contributed by atoms with van der Waals surface area (Å²) in [5, 5.41) is 3.37. The Morgan fingerprint density at radius 1 is 1.73 bits per heavy atom. The summed E-state index contributed by atoms with van der Waals surface area (Å²) in [6, 6.07) is 0. The molecule has 0 spiro atoms. The fraction of sp³-hybridized carbons (Fsp3) is 0.750. The number of rotatable bonds is 5. The van der Waals surface area contributed by atoms with Gasteiger partial charge < -0.3 is 5.32 Å². The average molecular weight is 236 g/mol. The van der Waals surface area contributed by atoms with Crippen LogP contribution in [0, 0.1) is 0 Å². The van der Waals surface area contributed by atoms with E-state index in [-0.39, 0.29) is 0 Å². The van der Waals surface area contributed by atoms with Crippen LogP contribution in [-0.4, -0.2) is 24.1 Å². The maximum Gasteiger partial charge on any atom is 0.0282 e. The summed E-state index contributed by atoms with van der Waals surface area (Å²) in [6.07, 6.45) is 4.93. The second-order valence-corrected chi connectivity index (χ2v) is 5.40. The first-order chi connectivity index (χ1) is 5.18. The van der Waals surface area contributed by atoms with Crippen LogP contribution in [0.15, 0.2) is 11.1 Å². The normalized spacial score (nSPS) is 19.8. The van der Waals surface area contributed by atoms with E-state index < -0.39 is 0 Å². The summed E-state index contributed by atoms with van der Waals surface area (Å²) in [5.74, 6) is 0. The van der Waals surface area contributed by atoms with Crippen molar-refractivity contribution in [1.82, 2.24) is 5.32 Å². The van der Waals surface area contributed by atoms with Crippen molar-refractivity contribution in [2.24, 2.45) is 0 Å². The molecule has 3 heteroatoms. The fourth-order valence-corrected chi connectivity index (χ4v) is 1.97. The van der Waals surface area contributed by atoms with E-state index in [1.165, 1.54) is 12.8 Å². The Morgan fingerprint density at radius 3 is 2.73 bits per heavy atom. The molecule has 1 aliphatic carbocycles. The molecule has 0 unspecified atom stereocenters. The quantitative estimate of drug-likeness (QED) is 0.786. The lowest BCUT2D eigenvalue weighted by atomic mass is 10.4. The SMILES string of the molecule is C=C(Br)CNCC1(SC)CC1. The third-order valence-electron chi connectivity index (χ3n) is 2.00. The lowest BCUT2D eigenvalue weighted by Gasteiger charge is -2.12. The first-order valence-corrected chi connectivity index (χ1v) is 5.79. The van der Waals surface area contributed by atoms with Gasteiger partial charge in [-0.2, -0.15) is 11.8 Å². The zero-order valence-electron chi connectivity index (χ0n) is 6.82. The number of hydrogen-bond donors (Lipinski definition) is 1. The van der Waals surface area contributed by atoms with E-state index >= 15 is 0 Å². The Kier molecular flexibility index (Phi) is 3.47. The van der Waals surface area contributed by atoms with Crippen molar-refractivity contribution in [3.8, 4) is 0 Å². The van der Waals surface area contributed by atoms with Gasteiger partial charge in [-0.05, 0) is 19.1 Å². The summed E-state index contributed by atoms with van der Waals surface area (Å²) in [4.78, 5) is 0. The van der Waals surface area contributed by atoms with Crippen molar-refractivity contribution in [3.05, 3.63) is 11.1 Å². The number of hydrogen-bond acceptors (Lipinski definition) is 2. The Hall–Kier alpha value is 0.530. The lowest BCUT2D eigenvalue weighted by Crippen LogP contribution is -2.26. The molecule has 0 aromatic rings. The van der Waals surface area contributed by atoms with Crippen LogP contribution in [0.1, 0.15) is 12.8 Å². The van der Waals surface area contributed by atoms with Crippen LogP contribution in [-0.2, 0) is 0 Å². The highest BCUT2D eigenvalue weighted by Gasteiger charge is 2.41. The molecule has 1 rings (SSSR count). The maximum atomic E-state index is 3.77. The standard InChI is InChI=1S/C8H14BrNS/c1-7(9)5-10-6-8(11-2)3-4-8/h10H,1,3-6H2,2H3. The van der Waals surface area contributed by atoms with Crippen LogP contribution in [0.3, 0.4) is 0 Å². The van der Waals surface area contributed by atoms with Crippen LogP contribution >= 0.6 is 27.7 Å². The highest BCUT2D eigenvalue weighted by atomic mass is 79.9. The molecule has 0 aliphatic heterocycles. The molecule has 0 aromatic carbocycles. The van der Waals surface area contributed by atoms with Crippen LogP contribution in [0.4, 0.5) is 0 Å². The second kappa shape index (κ2) is 3.97. The number of halogens is 1. The van der Waals surface area contributed by atoms with Gasteiger partial charge in [-0.15, -0.1) is 0 Å². The van der Waals surface area contributed by atoms with E-state index in [9.17, 15) is 0 Å². The second-order valence-electron chi connectivity index (χ2n) is 3.01. The van der Waals surface area contributed by atoms with Crippen LogP contribution in [0.25, 0.3) is 0 Å². The predicted octanol–water partition coefficient (Wildman–Crippen LogP) is 2.38. The highest BCUT2D eigenvalue weighted by molar-refractivity contribution is 9.11. The van der Waals surface area contributed by atoms with Gasteiger partial charge in [0.1, 0.15) is 0 Å². The molecular formula is C8H14BrNS. The minimum atomic E-state index is 0.572. The molecule has 64 valence electrons.